The molecule has 1 aliphatic rings. The van der Waals surface area contributed by atoms with Crippen molar-refractivity contribution in [2.75, 3.05) is 21.2 Å². The van der Waals surface area contributed by atoms with Gasteiger partial charge in [0.05, 0.1) is 25.4 Å². The molecule has 0 fully saturated rings. The zero-order valence-electron chi connectivity index (χ0n) is 17.6. The van der Waals surface area contributed by atoms with Crippen molar-refractivity contribution >= 4 is 12.1 Å². The normalized spacial score (nSPS) is 21.4. The van der Waals surface area contributed by atoms with E-state index >= 15 is 0 Å². The number of ether oxygens (including phenoxy) is 3. The van der Waals surface area contributed by atoms with Crippen molar-refractivity contribution in [3.8, 4) is 11.5 Å². The SMILES string of the molecule is CCC(CC)OC1N=CC(c2ccc(OC(C)C)cc2OC)N(C)C1=NC. The smallest absolute Gasteiger partial charge is 0.205 e. The number of hydrogen-bond acceptors (Lipinski definition) is 5. The highest BCUT2D eigenvalue weighted by Gasteiger charge is 2.32. The van der Waals surface area contributed by atoms with Crippen molar-refractivity contribution < 1.29 is 14.2 Å². The van der Waals surface area contributed by atoms with Crippen LogP contribution in [-0.4, -0.2) is 56.6 Å². The van der Waals surface area contributed by atoms with Crippen LogP contribution in [0.4, 0.5) is 0 Å². The molecule has 0 amide bonds. The summed E-state index contributed by atoms with van der Waals surface area (Å²) >= 11 is 0. The molecule has 6 heteroatoms. The second kappa shape index (κ2) is 9.74. The molecule has 150 valence electrons. The van der Waals surface area contributed by atoms with E-state index in [1.807, 2.05) is 45.3 Å². The predicted molar refractivity (Wildman–Crippen MR) is 110 cm³/mol. The van der Waals surface area contributed by atoms with E-state index in [4.69, 9.17) is 14.2 Å². The average molecular weight is 376 g/mol. The van der Waals surface area contributed by atoms with Crippen molar-refractivity contribution in [3.63, 3.8) is 0 Å². The lowest BCUT2D eigenvalue weighted by atomic mass is 10.0. The van der Waals surface area contributed by atoms with Crippen LogP contribution in [0.25, 0.3) is 0 Å². The maximum atomic E-state index is 6.15. The first-order chi connectivity index (χ1) is 12.9. The third kappa shape index (κ3) is 5.01. The van der Waals surface area contributed by atoms with Crippen LogP contribution in [-0.2, 0) is 4.74 Å². The first-order valence-electron chi connectivity index (χ1n) is 9.67. The summed E-state index contributed by atoms with van der Waals surface area (Å²) in [5.41, 5.74) is 1.02. The molecule has 0 aromatic heterocycles. The molecule has 1 aromatic carbocycles. The summed E-state index contributed by atoms with van der Waals surface area (Å²) in [6.07, 6.45) is 3.76. The fourth-order valence-electron chi connectivity index (χ4n) is 3.24. The van der Waals surface area contributed by atoms with Crippen LogP contribution in [0.1, 0.15) is 52.1 Å². The van der Waals surface area contributed by atoms with Gasteiger partial charge in [-0.15, -0.1) is 0 Å². The third-order valence-electron chi connectivity index (χ3n) is 4.72. The number of rotatable bonds is 8. The van der Waals surface area contributed by atoms with Gasteiger partial charge < -0.3 is 19.1 Å². The monoisotopic (exact) mass is 375 g/mol. The van der Waals surface area contributed by atoms with E-state index in [1.54, 1.807) is 14.2 Å². The minimum Gasteiger partial charge on any atom is -0.496 e. The van der Waals surface area contributed by atoms with Crippen LogP contribution in [0.2, 0.25) is 0 Å². The molecule has 2 atom stereocenters. The number of amidine groups is 1. The highest BCUT2D eigenvalue weighted by Crippen LogP contribution is 2.34. The first kappa shape index (κ1) is 21.2. The molecular weight excluding hydrogens is 342 g/mol. The van der Waals surface area contributed by atoms with Crippen molar-refractivity contribution in [1.82, 2.24) is 4.90 Å². The molecule has 6 nitrogen and oxygen atoms in total. The van der Waals surface area contributed by atoms with Gasteiger partial charge in [0.25, 0.3) is 0 Å². The Hall–Kier alpha value is -2.08. The molecule has 0 saturated carbocycles. The van der Waals surface area contributed by atoms with Gasteiger partial charge in [-0.25, -0.2) is 0 Å². The van der Waals surface area contributed by atoms with Crippen molar-refractivity contribution in [3.05, 3.63) is 23.8 Å². The number of likely N-dealkylation sites (N-methyl/N-ethyl adjacent to an activating group) is 1. The summed E-state index contributed by atoms with van der Waals surface area (Å²) in [6.45, 7) is 8.27. The van der Waals surface area contributed by atoms with Gasteiger partial charge in [-0.2, -0.15) is 0 Å². The largest absolute Gasteiger partial charge is 0.496 e. The Morgan fingerprint density at radius 2 is 1.93 bits per heavy atom. The fraction of sp³-hybridized carbons (Fsp3) is 0.619. The maximum Gasteiger partial charge on any atom is 0.205 e. The van der Waals surface area contributed by atoms with Gasteiger partial charge in [-0.05, 0) is 38.8 Å². The number of methoxy groups -OCH3 is 1. The maximum absolute atomic E-state index is 6.15. The number of aliphatic imine (C=N–C) groups is 2. The highest BCUT2D eigenvalue weighted by atomic mass is 16.5. The van der Waals surface area contributed by atoms with E-state index < -0.39 is 0 Å². The van der Waals surface area contributed by atoms with Crippen LogP contribution >= 0.6 is 0 Å². The van der Waals surface area contributed by atoms with E-state index in [-0.39, 0.29) is 24.5 Å². The van der Waals surface area contributed by atoms with E-state index in [9.17, 15) is 0 Å². The highest BCUT2D eigenvalue weighted by molar-refractivity contribution is 5.93. The molecular formula is C21H33N3O3. The van der Waals surface area contributed by atoms with Crippen molar-refractivity contribution in [2.24, 2.45) is 9.98 Å². The van der Waals surface area contributed by atoms with Gasteiger partial charge >= 0.3 is 0 Å². The number of hydrogen-bond donors (Lipinski definition) is 0. The molecule has 1 heterocycles. The quantitative estimate of drug-likeness (QED) is 0.686. The summed E-state index contributed by atoms with van der Waals surface area (Å²) in [5.74, 6) is 2.38. The molecule has 2 rings (SSSR count). The fourth-order valence-corrected chi connectivity index (χ4v) is 3.24. The Bertz CT molecular complexity index is 669. The lowest BCUT2D eigenvalue weighted by Crippen LogP contribution is -2.45. The van der Waals surface area contributed by atoms with Gasteiger partial charge in [-0.1, -0.05) is 13.8 Å². The molecule has 1 aromatic rings. The zero-order chi connectivity index (χ0) is 20.0. The second-order valence-corrected chi connectivity index (χ2v) is 6.93. The van der Waals surface area contributed by atoms with Crippen molar-refractivity contribution in [2.45, 2.75) is 65.0 Å². The average Bonchev–Trinajstić information content (AvgIpc) is 2.66. The van der Waals surface area contributed by atoms with Crippen LogP contribution in [0.3, 0.4) is 0 Å². The Kier molecular flexibility index (Phi) is 7.66. The molecule has 0 N–H and O–H groups in total. The van der Waals surface area contributed by atoms with Crippen LogP contribution < -0.4 is 9.47 Å². The summed E-state index contributed by atoms with van der Waals surface area (Å²) in [5, 5.41) is 0. The van der Waals surface area contributed by atoms with E-state index in [0.29, 0.717) is 0 Å². The van der Waals surface area contributed by atoms with E-state index in [2.05, 4.69) is 28.7 Å². The lowest BCUT2D eigenvalue weighted by molar-refractivity contribution is 0.0157. The Labute approximate surface area is 163 Å². The van der Waals surface area contributed by atoms with E-state index in [0.717, 1.165) is 35.7 Å². The first-order valence-corrected chi connectivity index (χ1v) is 9.67. The lowest BCUT2D eigenvalue weighted by Gasteiger charge is -2.36. The third-order valence-corrected chi connectivity index (χ3v) is 4.72. The van der Waals surface area contributed by atoms with Gasteiger partial charge in [0.2, 0.25) is 6.23 Å². The standard InChI is InChI=1S/C21H33N3O3/c1-8-15(9-2)27-21-20(22-5)24(6)18(13-23-21)17-11-10-16(26-14(3)4)12-19(17)25-7/h10-15,18,21H,8-9H2,1-7H3. The number of nitrogens with zero attached hydrogens (tertiary/aromatic N) is 3. The Morgan fingerprint density at radius 1 is 1.22 bits per heavy atom. The van der Waals surface area contributed by atoms with E-state index in [1.165, 1.54) is 0 Å². The molecule has 27 heavy (non-hydrogen) atoms. The van der Waals surface area contributed by atoms with Gasteiger partial charge in [-0.3, -0.25) is 9.98 Å². The second-order valence-electron chi connectivity index (χ2n) is 6.93. The summed E-state index contributed by atoms with van der Waals surface area (Å²) < 4.78 is 17.6. The van der Waals surface area contributed by atoms with Crippen LogP contribution in [0, 0.1) is 0 Å². The summed E-state index contributed by atoms with van der Waals surface area (Å²) in [7, 11) is 5.47. The minimum absolute atomic E-state index is 0.0756. The minimum atomic E-state index is -0.365. The van der Waals surface area contributed by atoms with Gasteiger partial charge in [0.1, 0.15) is 11.5 Å². The Balaban J connectivity index is 2.31. The molecule has 0 radical (unpaired) electrons. The molecule has 0 spiro atoms. The number of benzene rings is 1. The molecule has 0 saturated heterocycles. The Morgan fingerprint density at radius 3 is 2.48 bits per heavy atom. The van der Waals surface area contributed by atoms with Gasteiger partial charge in [0.15, 0.2) is 5.84 Å². The van der Waals surface area contributed by atoms with Gasteiger partial charge in [0, 0.05) is 31.9 Å². The molecule has 1 aliphatic heterocycles. The topological polar surface area (TPSA) is 55.6 Å². The predicted octanol–water partition coefficient (Wildman–Crippen LogP) is 4.10. The summed E-state index contributed by atoms with van der Waals surface area (Å²) in [4.78, 5) is 11.2. The molecule has 0 bridgehead atoms. The molecule has 2 unspecified atom stereocenters. The zero-order valence-corrected chi connectivity index (χ0v) is 17.6. The molecule has 0 aliphatic carbocycles. The van der Waals surface area contributed by atoms with Crippen LogP contribution in [0.15, 0.2) is 28.2 Å². The van der Waals surface area contributed by atoms with Crippen molar-refractivity contribution in [1.29, 1.82) is 0 Å². The van der Waals surface area contributed by atoms with Crippen LogP contribution in [0.5, 0.6) is 11.5 Å². The summed E-state index contributed by atoms with van der Waals surface area (Å²) in [6, 6.07) is 5.84.